The molecule has 0 saturated heterocycles. The van der Waals surface area contributed by atoms with Crippen LogP contribution in [0.15, 0.2) is 28.1 Å². The molecule has 0 aliphatic carbocycles. The first-order chi connectivity index (χ1) is 11.0. The quantitative estimate of drug-likeness (QED) is 0.444. The lowest BCUT2D eigenvalue weighted by Gasteiger charge is -2.11. The average Bonchev–Trinajstić information content (AvgIpc) is 2.42. The third-order valence-electron chi connectivity index (χ3n) is 3.08. The van der Waals surface area contributed by atoms with Crippen LogP contribution < -0.4 is 15.8 Å². The Labute approximate surface area is 143 Å². The van der Waals surface area contributed by atoms with Gasteiger partial charge in [-0.2, -0.15) is 0 Å². The van der Waals surface area contributed by atoms with Crippen LogP contribution in [0.25, 0.3) is 0 Å². The predicted molar refractivity (Wildman–Crippen MR) is 95.1 cm³/mol. The Balaban J connectivity index is 2.81. The van der Waals surface area contributed by atoms with E-state index in [0.29, 0.717) is 29.5 Å². The number of nitrogens with one attached hydrogen (secondary N) is 2. The summed E-state index contributed by atoms with van der Waals surface area (Å²) in [5, 5.41) is 10.8. The minimum atomic E-state index is -3.53. The van der Waals surface area contributed by atoms with Crippen molar-refractivity contribution >= 4 is 25.8 Å². The smallest absolute Gasteiger partial charge is 0.210 e. The molecule has 0 heterocycles. The van der Waals surface area contributed by atoms with Crippen molar-refractivity contribution in [3.63, 3.8) is 0 Å². The zero-order valence-electron chi connectivity index (χ0n) is 14.0. The summed E-state index contributed by atoms with van der Waals surface area (Å²) in [6.07, 6.45) is 1.17. The molecule has 0 saturated carbocycles. The van der Waals surface area contributed by atoms with Gasteiger partial charge in [0.2, 0.25) is 10.0 Å². The number of sulfonamides is 1. The zero-order chi connectivity index (χ0) is 18.4. The number of rotatable bonds is 7. The Kier molecular flexibility index (Phi) is 7.18. The van der Waals surface area contributed by atoms with Gasteiger partial charge in [0.1, 0.15) is 0 Å². The number of nitrogens with zero attached hydrogens (tertiary/aromatic N) is 1. The fourth-order valence-corrected chi connectivity index (χ4v) is 3.40. The molecule has 0 unspecified atom stereocenters. The van der Waals surface area contributed by atoms with Crippen LogP contribution >= 0.6 is 0 Å². The molecule has 4 N–H and O–H groups in total. The van der Waals surface area contributed by atoms with Crippen LogP contribution in [-0.4, -0.2) is 47.9 Å². The van der Waals surface area contributed by atoms with Crippen LogP contribution in [0.2, 0.25) is 0 Å². The number of sulfone groups is 1. The second-order valence-electron chi connectivity index (χ2n) is 5.36. The fraction of sp³-hybridized carbons (Fsp3) is 0.500. The Bertz CT molecular complexity index is 802. The van der Waals surface area contributed by atoms with Crippen molar-refractivity contribution in [2.24, 2.45) is 10.1 Å². The molecule has 0 aliphatic rings. The summed E-state index contributed by atoms with van der Waals surface area (Å²) in [4.78, 5) is 4.65. The molecule has 0 fully saturated rings. The van der Waals surface area contributed by atoms with Crippen molar-refractivity contribution in [3.05, 3.63) is 29.3 Å². The minimum absolute atomic E-state index is 0.150. The lowest BCUT2D eigenvalue weighted by Crippen LogP contribution is -2.40. The number of guanidine groups is 1. The number of aryl methyl sites for hydroxylation is 1. The fourth-order valence-electron chi connectivity index (χ4n) is 2.05. The molecule has 8 nitrogen and oxygen atoms in total. The number of nitrogens with two attached hydrogens (primary N) is 1. The lowest BCUT2D eigenvalue weighted by molar-refractivity contribution is 0.595. The van der Waals surface area contributed by atoms with Crippen molar-refractivity contribution in [2.45, 2.75) is 25.3 Å². The molecule has 0 amide bonds. The zero-order valence-corrected chi connectivity index (χ0v) is 15.7. The molecular formula is C14H24N4O4S2. The van der Waals surface area contributed by atoms with E-state index in [9.17, 15) is 16.8 Å². The second-order valence-corrected chi connectivity index (χ2v) is 9.08. The highest BCUT2D eigenvalue weighted by Crippen LogP contribution is 2.17. The maximum Gasteiger partial charge on any atom is 0.210 e. The van der Waals surface area contributed by atoms with Crippen LogP contribution in [-0.2, 0) is 26.4 Å². The molecule has 1 aromatic carbocycles. The summed E-state index contributed by atoms with van der Waals surface area (Å²) >= 11 is 0. The second kappa shape index (κ2) is 8.45. The van der Waals surface area contributed by atoms with Crippen LogP contribution in [0.5, 0.6) is 0 Å². The van der Waals surface area contributed by atoms with Gasteiger partial charge in [-0.3, -0.25) is 0 Å². The van der Waals surface area contributed by atoms with Gasteiger partial charge in [0.05, 0.1) is 17.2 Å². The third kappa shape index (κ3) is 7.28. The van der Waals surface area contributed by atoms with Crippen molar-refractivity contribution in [3.8, 4) is 0 Å². The van der Waals surface area contributed by atoms with E-state index in [-0.39, 0.29) is 12.3 Å². The van der Waals surface area contributed by atoms with Crippen molar-refractivity contribution in [1.29, 1.82) is 0 Å². The van der Waals surface area contributed by atoms with Crippen LogP contribution in [0.4, 0.5) is 0 Å². The Morgan fingerprint density at radius 2 is 1.88 bits per heavy atom. The first-order valence-electron chi connectivity index (χ1n) is 7.35. The van der Waals surface area contributed by atoms with Crippen LogP contribution in [0.1, 0.15) is 18.1 Å². The van der Waals surface area contributed by atoms with E-state index < -0.39 is 19.9 Å². The molecule has 0 aliphatic heterocycles. The molecular weight excluding hydrogens is 352 g/mol. The van der Waals surface area contributed by atoms with E-state index in [1.54, 1.807) is 25.1 Å². The van der Waals surface area contributed by atoms with Gasteiger partial charge >= 0.3 is 0 Å². The number of benzene rings is 1. The number of hydrogen-bond donors (Lipinski definition) is 3. The maximum absolute atomic E-state index is 11.6. The van der Waals surface area contributed by atoms with E-state index in [0.717, 1.165) is 5.56 Å². The first kappa shape index (κ1) is 20.4. The van der Waals surface area contributed by atoms with Crippen molar-refractivity contribution in [1.82, 2.24) is 10.6 Å². The molecule has 1 rings (SSSR count). The molecule has 136 valence electrons. The van der Waals surface area contributed by atoms with E-state index in [2.05, 4.69) is 15.6 Å². The third-order valence-corrected chi connectivity index (χ3v) is 5.11. The summed E-state index contributed by atoms with van der Waals surface area (Å²) in [6.45, 7) is 4.72. The monoisotopic (exact) mass is 376 g/mol. The normalized spacial score (nSPS) is 12.9. The van der Waals surface area contributed by atoms with Crippen LogP contribution in [0.3, 0.4) is 0 Å². The van der Waals surface area contributed by atoms with E-state index in [1.165, 1.54) is 6.26 Å². The Morgan fingerprint density at radius 1 is 1.21 bits per heavy atom. The van der Waals surface area contributed by atoms with Crippen molar-refractivity contribution in [2.75, 3.05) is 25.1 Å². The molecule has 0 radical (unpaired) electrons. The van der Waals surface area contributed by atoms with Crippen LogP contribution in [0, 0.1) is 6.92 Å². The van der Waals surface area contributed by atoms with E-state index in [4.69, 9.17) is 5.14 Å². The van der Waals surface area contributed by atoms with Gasteiger partial charge in [0.25, 0.3) is 0 Å². The molecule has 0 aromatic heterocycles. The van der Waals surface area contributed by atoms with Crippen molar-refractivity contribution < 1.29 is 16.8 Å². The average molecular weight is 377 g/mol. The van der Waals surface area contributed by atoms with Gasteiger partial charge in [-0.25, -0.2) is 27.0 Å². The lowest BCUT2D eigenvalue weighted by atomic mass is 10.1. The highest BCUT2D eigenvalue weighted by Gasteiger charge is 2.10. The molecule has 10 heteroatoms. The minimum Gasteiger partial charge on any atom is -0.357 e. The van der Waals surface area contributed by atoms with Gasteiger partial charge < -0.3 is 10.6 Å². The molecule has 24 heavy (non-hydrogen) atoms. The molecule has 1 aromatic rings. The summed E-state index contributed by atoms with van der Waals surface area (Å²) in [7, 11) is -6.77. The highest BCUT2D eigenvalue weighted by atomic mass is 32.2. The number of aliphatic imine (C=N–C) groups is 1. The van der Waals surface area contributed by atoms with Gasteiger partial charge in [-0.05, 0) is 31.0 Å². The maximum atomic E-state index is 11.6. The SMILES string of the molecule is CCNC(=NCc1ccc(S(C)(=O)=O)c(C)c1)NCCS(N)(=O)=O. The summed E-state index contributed by atoms with van der Waals surface area (Å²) in [5.74, 6) is 0.269. The standard InChI is InChI=1S/C14H24N4O4S2/c1-4-16-14(17-7-8-24(15,21)22)18-10-12-5-6-13(11(2)9-12)23(3,19)20/h5-6,9H,4,7-8,10H2,1-3H3,(H2,15,21,22)(H2,16,17,18). The van der Waals surface area contributed by atoms with Gasteiger partial charge in [0, 0.05) is 19.3 Å². The topological polar surface area (TPSA) is 131 Å². The van der Waals surface area contributed by atoms with Gasteiger partial charge in [-0.1, -0.05) is 12.1 Å². The molecule has 0 atom stereocenters. The largest absolute Gasteiger partial charge is 0.357 e. The highest BCUT2D eigenvalue weighted by molar-refractivity contribution is 7.90. The molecule has 0 bridgehead atoms. The Morgan fingerprint density at radius 3 is 2.38 bits per heavy atom. The predicted octanol–water partition coefficient (Wildman–Crippen LogP) is -0.258. The first-order valence-corrected chi connectivity index (χ1v) is 11.0. The van der Waals surface area contributed by atoms with E-state index >= 15 is 0 Å². The number of primary sulfonamides is 1. The summed E-state index contributed by atoms with van der Waals surface area (Å²) < 4.78 is 45.1. The van der Waals surface area contributed by atoms with E-state index in [1.807, 2.05) is 6.92 Å². The Hall–Kier alpha value is -1.65. The summed E-state index contributed by atoms with van der Waals surface area (Å²) in [5.41, 5.74) is 1.51. The summed E-state index contributed by atoms with van der Waals surface area (Å²) in [6, 6.07) is 5.05. The van der Waals surface area contributed by atoms with Gasteiger partial charge in [-0.15, -0.1) is 0 Å². The number of hydrogen-bond acceptors (Lipinski definition) is 5. The molecule has 0 spiro atoms. The van der Waals surface area contributed by atoms with Gasteiger partial charge in [0.15, 0.2) is 15.8 Å².